The molecule has 0 aliphatic rings. The van der Waals surface area contributed by atoms with Crippen molar-refractivity contribution in [2.75, 3.05) is 0 Å². The third-order valence-corrected chi connectivity index (χ3v) is 8.28. The van der Waals surface area contributed by atoms with Gasteiger partial charge in [0.2, 0.25) is 5.95 Å². The average Bonchev–Trinajstić information content (AvgIpc) is 3.55. The monoisotopic (exact) mass is 545 g/mol. The molecule has 41 heavy (non-hydrogen) atoms. The van der Waals surface area contributed by atoms with Crippen LogP contribution in [0, 0.1) is 0 Å². The zero-order valence-corrected chi connectivity index (χ0v) is 22.4. The van der Waals surface area contributed by atoms with Gasteiger partial charge in [-0.25, -0.2) is 9.97 Å². The van der Waals surface area contributed by atoms with E-state index in [1.54, 1.807) is 0 Å². The second kappa shape index (κ2) is 8.40. The fourth-order valence-corrected chi connectivity index (χ4v) is 6.38. The van der Waals surface area contributed by atoms with Gasteiger partial charge in [-0.1, -0.05) is 84.4 Å². The molecule has 0 atom stereocenters. The first kappa shape index (κ1) is 22.6. The lowest BCUT2D eigenvalue weighted by molar-refractivity contribution is 0.670. The Labute approximate surface area is 239 Å². The summed E-state index contributed by atoms with van der Waals surface area (Å²) < 4.78 is 8.61. The molecule has 0 N–H and O–H groups in total. The summed E-state index contributed by atoms with van der Waals surface area (Å²) >= 11 is 6.35. The highest BCUT2D eigenvalue weighted by atomic mass is 35.5. The molecule has 9 aromatic rings. The van der Waals surface area contributed by atoms with Crippen molar-refractivity contribution in [3.05, 3.63) is 126 Å². The van der Waals surface area contributed by atoms with Gasteiger partial charge in [-0.3, -0.25) is 4.57 Å². The second-order valence-electron chi connectivity index (χ2n) is 10.4. The summed E-state index contributed by atoms with van der Waals surface area (Å²) in [5.74, 6) is 0.617. The number of halogens is 1. The molecule has 3 heterocycles. The molecule has 5 heteroatoms. The van der Waals surface area contributed by atoms with E-state index >= 15 is 0 Å². The van der Waals surface area contributed by atoms with Crippen LogP contribution in [-0.4, -0.2) is 14.5 Å². The molecule has 6 aromatic carbocycles. The van der Waals surface area contributed by atoms with Gasteiger partial charge in [-0.2, -0.15) is 0 Å². The van der Waals surface area contributed by atoms with Gasteiger partial charge < -0.3 is 4.42 Å². The Morgan fingerprint density at radius 3 is 2.27 bits per heavy atom. The Bertz CT molecular complexity index is 2510. The zero-order chi connectivity index (χ0) is 27.1. The lowest BCUT2D eigenvalue weighted by Crippen LogP contribution is -2.03. The largest absolute Gasteiger partial charge is 0.455 e. The van der Waals surface area contributed by atoms with Crippen molar-refractivity contribution >= 4 is 77.0 Å². The highest BCUT2D eigenvalue weighted by Crippen LogP contribution is 2.39. The number of hydrogen-bond donors (Lipinski definition) is 0. The van der Waals surface area contributed by atoms with Gasteiger partial charge in [0, 0.05) is 37.5 Å². The topological polar surface area (TPSA) is 43.9 Å². The number of nitrogens with zero attached hydrogens (tertiary/aromatic N) is 3. The molecule has 0 aliphatic heterocycles. The first-order valence-corrected chi connectivity index (χ1v) is 13.9. The molecule has 0 bridgehead atoms. The van der Waals surface area contributed by atoms with Crippen molar-refractivity contribution in [2.24, 2.45) is 0 Å². The predicted octanol–water partition coefficient (Wildman–Crippen LogP) is 10.1. The van der Waals surface area contributed by atoms with Crippen molar-refractivity contribution in [3.63, 3.8) is 0 Å². The summed E-state index contributed by atoms with van der Waals surface area (Å²) in [4.78, 5) is 10.4. The minimum atomic E-state index is 0.617. The Hall–Kier alpha value is -5.19. The average molecular weight is 546 g/mol. The number of benzene rings is 6. The quantitative estimate of drug-likeness (QED) is 0.217. The molecule has 0 saturated heterocycles. The first-order valence-electron chi connectivity index (χ1n) is 13.5. The molecule has 3 aromatic heterocycles. The van der Waals surface area contributed by atoms with Crippen molar-refractivity contribution in [1.82, 2.24) is 14.5 Å². The number of aromatic nitrogens is 3. The standard InChI is InChI=1S/C36H20ClN3O/c37-23-17-16-21-20-32-29(19-22(21)18-23)24-8-2-5-14-31(24)40(32)36-38-30-13-4-1-10-27(30)34(39-36)28-12-7-11-26-25-9-3-6-15-33(25)41-35(26)28/h1-20H. The van der Waals surface area contributed by atoms with E-state index in [0.717, 1.165) is 81.7 Å². The number of rotatable bonds is 2. The van der Waals surface area contributed by atoms with Gasteiger partial charge in [0.05, 0.1) is 22.2 Å². The molecular formula is C36H20ClN3O. The Balaban J connectivity index is 1.40. The van der Waals surface area contributed by atoms with Gasteiger partial charge in [0.1, 0.15) is 11.2 Å². The number of hydrogen-bond acceptors (Lipinski definition) is 3. The van der Waals surface area contributed by atoms with Crippen molar-refractivity contribution < 1.29 is 4.42 Å². The van der Waals surface area contributed by atoms with Crippen LogP contribution in [0.25, 0.3) is 82.6 Å². The lowest BCUT2D eigenvalue weighted by atomic mass is 10.0. The summed E-state index contributed by atoms with van der Waals surface area (Å²) in [5.41, 5.74) is 6.44. The zero-order valence-electron chi connectivity index (χ0n) is 21.7. The highest BCUT2D eigenvalue weighted by Gasteiger charge is 2.20. The number of furan rings is 1. The van der Waals surface area contributed by atoms with Crippen LogP contribution in [0.3, 0.4) is 0 Å². The molecule has 0 spiro atoms. The van der Waals surface area contributed by atoms with Crippen molar-refractivity contribution in [3.8, 4) is 17.2 Å². The number of fused-ring (bicyclic) bond motifs is 8. The Morgan fingerprint density at radius 1 is 0.561 bits per heavy atom. The Morgan fingerprint density at radius 2 is 1.34 bits per heavy atom. The molecule has 0 radical (unpaired) electrons. The summed E-state index contributed by atoms with van der Waals surface area (Å²) in [6.45, 7) is 0. The van der Waals surface area contributed by atoms with Crippen LogP contribution >= 0.6 is 11.6 Å². The van der Waals surface area contributed by atoms with Crippen molar-refractivity contribution in [1.29, 1.82) is 0 Å². The highest BCUT2D eigenvalue weighted by molar-refractivity contribution is 6.31. The van der Waals surface area contributed by atoms with Gasteiger partial charge in [-0.15, -0.1) is 0 Å². The van der Waals surface area contributed by atoms with E-state index in [1.165, 1.54) is 0 Å². The smallest absolute Gasteiger partial charge is 0.235 e. The maximum absolute atomic E-state index is 6.44. The fourth-order valence-electron chi connectivity index (χ4n) is 6.20. The molecule has 4 nitrogen and oxygen atoms in total. The molecule has 192 valence electrons. The minimum absolute atomic E-state index is 0.617. The normalized spacial score (nSPS) is 12.0. The molecule has 0 amide bonds. The summed E-state index contributed by atoms with van der Waals surface area (Å²) in [7, 11) is 0. The van der Waals surface area contributed by atoms with E-state index in [1.807, 2.05) is 48.5 Å². The second-order valence-corrected chi connectivity index (χ2v) is 10.8. The van der Waals surface area contributed by atoms with E-state index in [9.17, 15) is 0 Å². The lowest BCUT2D eigenvalue weighted by Gasteiger charge is -2.12. The molecule has 0 saturated carbocycles. The van der Waals surface area contributed by atoms with Crippen LogP contribution in [0.5, 0.6) is 0 Å². The summed E-state index contributed by atoms with van der Waals surface area (Å²) in [6.07, 6.45) is 0. The maximum atomic E-state index is 6.44. The fraction of sp³-hybridized carbons (Fsp3) is 0. The van der Waals surface area contributed by atoms with Gasteiger partial charge in [0.15, 0.2) is 0 Å². The van der Waals surface area contributed by atoms with E-state index in [2.05, 4.69) is 77.4 Å². The van der Waals surface area contributed by atoms with E-state index in [4.69, 9.17) is 26.0 Å². The summed E-state index contributed by atoms with van der Waals surface area (Å²) in [5, 5.41) is 8.35. The van der Waals surface area contributed by atoms with Crippen LogP contribution in [0.1, 0.15) is 0 Å². The third kappa shape index (κ3) is 3.28. The van der Waals surface area contributed by atoms with E-state index in [0.29, 0.717) is 5.95 Å². The first-order chi connectivity index (χ1) is 20.2. The predicted molar refractivity (Wildman–Crippen MR) is 169 cm³/mol. The van der Waals surface area contributed by atoms with Crippen LogP contribution < -0.4 is 0 Å². The van der Waals surface area contributed by atoms with Gasteiger partial charge >= 0.3 is 0 Å². The molecule has 9 rings (SSSR count). The van der Waals surface area contributed by atoms with Crippen LogP contribution in [0.4, 0.5) is 0 Å². The minimum Gasteiger partial charge on any atom is -0.455 e. The van der Waals surface area contributed by atoms with Crippen LogP contribution in [0.15, 0.2) is 126 Å². The maximum Gasteiger partial charge on any atom is 0.235 e. The van der Waals surface area contributed by atoms with E-state index < -0.39 is 0 Å². The molecule has 0 aliphatic carbocycles. The van der Waals surface area contributed by atoms with Crippen LogP contribution in [0.2, 0.25) is 5.02 Å². The van der Waals surface area contributed by atoms with E-state index in [-0.39, 0.29) is 0 Å². The van der Waals surface area contributed by atoms with Crippen LogP contribution in [-0.2, 0) is 0 Å². The van der Waals surface area contributed by atoms with Gasteiger partial charge in [-0.05, 0) is 59.3 Å². The number of para-hydroxylation sites is 4. The molecule has 0 fully saturated rings. The van der Waals surface area contributed by atoms with Crippen molar-refractivity contribution in [2.45, 2.75) is 0 Å². The Kier molecular flexibility index (Phi) is 4.63. The molecule has 0 unspecified atom stereocenters. The molecular weight excluding hydrogens is 526 g/mol. The van der Waals surface area contributed by atoms with Gasteiger partial charge in [0.25, 0.3) is 0 Å². The third-order valence-electron chi connectivity index (χ3n) is 8.04. The SMILES string of the molecule is Clc1ccc2cc3c(cc2c1)c1ccccc1n3-c1nc(-c2cccc3c2oc2ccccc23)c2ccccc2n1. The summed E-state index contributed by atoms with van der Waals surface area (Å²) in [6, 6.07) is 41.5.